The first kappa shape index (κ1) is 14.8. The van der Waals surface area contributed by atoms with Crippen LogP contribution in [-0.4, -0.2) is 42.1 Å². The molecule has 0 aliphatic carbocycles. The summed E-state index contributed by atoms with van der Waals surface area (Å²) >= 11 is 0. The number of aliphatic hydroxyl groups excluding tert-OH is 1. The van der Waals surface area contributed by atoms with Gasteiger partial charge in [0, 0.05) is 7.11 Å². The fraction of sp³-hybridized carbons (Fsp3) is 0.455. The van der Waals surface area contributed by atoms with Crippen molar-refractivity contribution >= 4 is 11.7 Å². The number of nitrogens with zero attached hydrogens (tertiary/aromatic N) is 3. The van der Waals surface area contributed by atoms with Crippen molar-refractivity contribution in [1.29, 1.82) is 0 Å². The fourth-order valence-electron chi connectivity index (χ4n) is 1.31. The van der Waals surface area contributed by atoms with Gasteiger partial charge in [-0.15, -0.1) is 10.2 Å². The standard InChI is InChI=1S/C11H16N4O4/c1-6-9(7(2)13-12-6)14-15-10(11(17)19-4)8(16)5-18-3/h16H,5H2,1-4H3,(H,12,13)/b10-8+,15-14?. The van der Waals surface area contributed by atoms with Gasteiger partial charge in [-0.2, -0.15) is 5.10 Å². The number of azo groups is 1. The zero-order valence-corrected chi connectivity index (χ0v) is 11.2. The van der Waals surface area contributed by atoms with Crippen LogP contribution in [0.4, 0.5) is 5.69 Å². The van der Waals surface area contributed by atoms with E-state index in [1.165, 1.54) is 14.2 Å². The molecule has 104 valence electrons. The normalized spacial score (nSPS) is 12.6. The number of H-pyrrole nitrogens is 1. The van der Waals surface area contributed by atoms with Crippen LogP contribution in [0.3, 0.4) is 0 Å². The highest BCUT2D eigenvalue weighted by molar-refractivity contribution is 5.88. The Kier molecular flexibility index (Phi) is 5.19. The molecular weight excluding hydrogens is 252 g/mol. The van der Waals surface area contributed by atoms with Gasteiger partial charge in [0.05, 0.1) is 18.5 Å². The van der Waals surface area contributed by atoms with Crippen molar-refractivity contribution in [2.75, 3.05) is 20.8 Å². The van der Waals surface area contributed by atoms with Crippen LogP contribution in [0.25, 0.3) is 0 Å². The highest BCUT2D eigenvalue weighted by atomic mass is 16.5. The summed E-state index contributed by atoms with van der Waals surface area (Å²) in [5.74, 6) is -1.14. The molecule has 0 atom stereocenters. The Morgan fingerprint density at radius 1 is 1.42 bits per heavy atom. The van der Waals surface area contributed by atoms with Gasteiger partial charge in [0.25, 0.3) is 0 Å². The topological polar surface area (TPSA) is 109 Å². The Morgan fingerprint density at radius 2 is 2.11 bits per heavy atom. The van der Waals surface area contributed by atoms with Crippen molar-refractivity contribution in [1.82, 2.24) is 10.2 Å². The molecule has 0 aromatic carbocycles. The smallest absolute Gasteiger partial charge is 0.362 e. The van der Waals surface area contributed by atoms with Crippen molar-refractivity contribution in [3.8, 4) is 0 Å². The monoisotopic (exact) mass is 268 g/mol. The summed E-state index contributed by atoms with van der Waals surface area (Å²) in [5, 5.41) is 23.9. The molecule has 0 saturated carbocycles. The summed E-state index contributed by atoms with van der Waals surface area (Å²) in [6, 6.07) is 0. The third-order valence-corrected chi connectivity index (χ3v) is 2.27. The van der Waals surface area contributed by atoms with Crippen molar-refractivity contribution in [2.24, 2.45) is 10.2 Å². The van der Waals surface area contributed by atoms with Gasteiger partial charge in [-0.25, -0.2) is 4.79 Å². The van der Waals surface area contributed by atoms with Crippen LogP contribution in [0.15, 0.2) is 21.7 Å². The SMILES string of the molecule is COC/C(O)=C(\N=Nc1c(C)n[nH]c1C)C(=O)OC. The van der Waals surface area contributed by atoms with Gasteiger partial charge in [-0.1, -0.05) is 0 Å². The quantitative estimate of drug-likeness (QED) is 0.365. The lowest BCUT2D eigenvalue weighted by Gasteiger charge is -2.03. The third-order valence-electron chi connectivity index (χ3n) is 2.27. The Hall–Kier alpha value is -2.22. The molecular formula is C11H16N4O4. The van der Waals surface area contributed by atoms with E-state index in [9.17, 15) is 9.90 Å². The molecule has 0 aliphatic heterocycles. The molecule has 1 aromatic heterocycles. The number of carbonyl (C=O) groups is 1. The van der Waals surface area contributed by atoms with Crippen LogP contribution in [0, 0.1) is 13.8 Å². The third kappa shape index (κ3) is 3.62. The second-order valence-corrected chi connectivity index (χ2v) is 3.70. The van der Waals surface area contributed by atoms with E-state index in [2.05, 4.69) is 25.2 Å². The largest absolute Gasteiger partial charge is 0.507 e. The first-order valence-corrected chi connectivity index (χ1v) is 5.44. The molecule has 8 nitrogen and oxygen atoms in total. The Labute approximate surface area is 110 Å². The Bertz CT molecular complexity index is 499. The minimum Gasteiger partial charge on any atom is -0.507 e. The second kappa shape index (κ2) is 6.64. The molecule has 0 saturated heterocycles. The number of nitrogens with one attached hydrogen (secondary N) is 1. The van der Waals surface area contributed by atoms with Gasteiger partial charge < -0.3 is 14.6 Å². The van der Waals surface area contributed by atoms with Gasteiger partial charge >= 0.3 is 5.97 Å². The number of esters is 1. The highest BCUT2D eigenvalue weighted by Crippen LogP contribution is 2.22. The summed E-state index contributed by atoms with van der Waals surface area (Å²) in [6.45, 7) is 3.35. The van der Waals surface area contributed by atoms with E-state index in [1.54, 1.807) is 13.8 Å². The zero-order chi connectivity index (χ0) is 14.4. The molecule has 0 spiro atoms. The number of aryl methyl sites for hydroxylation is 2. The summed E-state index contributed by atoms with van der Waals surface area (Å²) in [5.41, 5.74) is 1.55. The lowest BCUT2D eigenvalue weighted by Crippen LogP contribution is -2.08. The maximum atomic E-state index is 11.5. The fourth-order valence-corrected chi connectivity index (χ4v) is 1.31. The average Bonchev–Trinajstić information content (AvgIpc) is 2.70. The van der Waals surface area contributed by atoms with E-state index in [4.69, 9.17) is 4.74 Å². The first-order valence-electron chi connectivity index (χ1n) is 5.44. The molecule has 0 unspecified atom stereocenters. The lowest BCUT2D eigenvalue weighted by atomic mass is 10.3. The minimum absolute atomic E-state index is 0.160. The molecule has 0 bridgehead atoms. The van der Waals surface area contributed by atoms with Gasteiger partial charge in [0.1, 0.15) is 12.3 Å². The van der Waals surface area contributed by atoms with Crippen molar-refractivity contribution < 1.29 is 19.4 Å². The molecule has 8 heteroatoms. The molecule has 0 aliphatic rings. The molecule has 0 fully saturated rings. The number of hydrogen-bond donors (Lipinski definition) is 2. The van der Waals surface area contributed by atoms with E-state index < -0.39 is 5.97 Å². The number of hydrogen-bond acceptors (Lipinski definition) is 7. The van der Waals surface area contributed by atoms with E-state index in [0.29, 0.717) is 17.1 Å². The molecule has 0 radical (unpaired) electrons. The summed E-state index contributed by atoms with van der Waals surface area (Å²) < 4.78 is 9.25. The van der Waals surface area contributed by atoms with Crippen LogP contribution in [0.1, 0.15) is 11.4 Å². The van der Waals surface area contributed by atoms with E-state index in [-0.39, 0.29) is 18.1 Å². The number of aromatic nitrogens is 2. The molecule has 1 aromatic rings. The minimum atomic E-state index is -0.794. The molecule has 1 heterocycles. The number of aromatic amines is 1. The predicted molar refractivity (Wildman–Crippen MR) is 66.1 cm³/mol. The summed E-state index contributed by atoms with van der Waals surface area (Å²) in [7, 11) is 2.57. The van der Waals surface area contributed by atoms with E-state index >= 15 is 0 Å². The van der Waals surface area contributed by atoms with Gasteiger partial charge in [0.15, 0.2) is 5.76 Å². The maximum Gasteiger partial charge on any atom is 0.362 e. The number of methoxy groups -OCH3 is 2. The van der Waals surface area contributed by atoms with Gasteiger partial charge in [0.2, 0.25) is 5.70 Å². The molecule has 1 rings (SSSR count). The van der Waals surface area contributed by atoms with Crippen LogP contribution < -0.4 is 0 Å². The van der Waals surface area contributed by atoms with Crippen LogP contribution >= 0.6 is 0 Å². The molecule has 19 heavy (non-hydrogen) atoms. The summed E-state index contributed by atoms with van der Waals surface area (Å²) in [4.78, 5) is 11.5. The molecule has 0 amide bonds. The number of rotatable bonds is 5. The van der Waals surface area contributed by atoms with E-state index in [1.807, 2.05) is 0 Å². The lowest BCUT2D eigenvalue weighted by molar-refractivity contribution is -0.136. The predicted octanol–water partition coefficient (Wildman–Crippen LogP) is 1.70. The van der Waals surface area contributed by atoms with Crippen LogP contribution in [-0.2, 0) is 14.3 Å². The zero-order valence-electron chi connectivity index (χ0n) is 11.2. The number of ether oxygens (including phenoxy) is 2. The van der Waals surface area contributed by atoms with Crippen LogP contribution in [0.5, 0.6) is 0 Å². The Morgan fingerprint density at radius 3 is 2.58 bits per heavy atom. The van der Waals surface area contributed by atoms with Crippen molar-refractivity contribution in [3.05, 3.63) is 22.8 Å². The second-order valence-electron chi connectivity index (χ2n) is 3.70. The first-order chi connectivity index (χ1) is 9.01. The summed E-state index contributed by atoms with van der Waals surface area (Å²) in [6.07, 6.45) is 0. The van der Waals surface area contributed by atoms with Crippen LogP contribution in [0.2, 0.25) is 0 Å². The highest BCUT2D eigenvalue weighted by Gasteiger charge is 2.16. The van der Waals surface area contributed by atoms with Gasteiger partial charge in [-0.05, 0) is 13.8 Å². The Balaban J connectivity index is 3.09. The van der Waals surface area contributed by atoms with Crippen molar-refractivity contribution in [3.63, 3.8) is 0 Å². The number of aliphatic hydroxyl groups is 1. The number of carbonyl (C=O) groups excluding carboxylic acids is 1. The van der Waals surface area contributed by atoms with Gasteiger partial charge in [-0.3, -0.25) is 5.10 Å². The maximum absolute atomic E-state index is 11.5. The molecule has 2 N–H and O–H groups in total. The van der Waals surface area contributed by atoms with E-state index in [0.717, 1.165) is 0 Å². The van der Waals surface area contributed by atoms with Crippen molar-refractivity contribution in [2.45, 2.75) is 13.8 Å². The average molecular weight is 268 g/mol.